The zero-order valence-electron chi connectivity index (χ0n) is 11.1. The van der Waals surface area contributed by atoms with Gasteiger partial charge in [-0.1, -0.05) is 36.1 Å². The van der Waals surface area contributed by atoms with Crippen LogP contribution in [0.15, 0.2) is 45.7 Å². The number of hydrogen-bond acceptors (Lipinski definition) is 5. The number of carbonyl (C=O) groups excluding carboxylic acids is 1. The van der Waals surface area contributed by atoms with Gasteiger partial charge in [-0.05, 0) is 24.3 Å². The highest BCUT2D eigenvalue weighted by Crippen LogP contribution is 2.32. The van der Waals surface area contributed by atoms with Crippen molar-refractivity contribution >= 4 is 40.3 Å². The third-order valence-electron chi connectivity index (χ3n) is 2.91. The molecule has 0 saturated carbocycles. The molecule has 6 heteroatoms. The predicted molar refractivity (Wildman–Crippen MR) is 87.0 cm³/mol. The Labute approximate surface area is 131 Å². The SMILES string of the molecule is COc1ccccc1-c1ccc(C=C2SC(=S)NC2=O)o1. The van der Waals surface area contributed by atoms with Crippen LogP contribution >= 0.6 is 24.0 Å². The van der Waals surface area contributed by atoms with Crippen LogP contribution in [-0.2, 0) is 4.79 Å². The van der Waals surface area contributed by atoms with Crippen molar-refractivity contribution in [3.63, 3.8) is 0 Å². The molecule has 0 radical (unpaired) electrons. The summed E-state index contributed by atoms with van der Waals surface area (Å²) in [5.74, 6) is 1.82. The summed E-state index contributed by atoms with van der Waals surface area (Å²) in [7, 11) is 1.62. The molecule has 0 bridgehead atoms. The lowest BCUT2D eigenvalue weighted by Gasteiger charge is -2.04. The standard InChI is InChI=1S/C15H11NO3S2/c1-18-11-5-3-2-4-10(11)12-7-6-9(19-12)8-13-14(17)16-15(20)21-13/h2-8H,1H3,(H,16,17,20). The van der Waals surface area contributed by atoms with E-state index in [1.54, 1.807) is 13.2 Å². The minimum absolute atomic E-state index is 0.194. The van der Waals surface area contributed by atoms with E-state index in [2.05, 4.69) is 5.32 Å². The van der Waals surface area contributed by atoms with Crippen molar-refractivity contribution < 1.29 is 13.9 Å². The molecule has 21 heavy (non-hydrogen) atoms. The van der Waals surface area contributed by atoms with Gasteiger partial charge in [0.25, 0.3) is 5.91 Å². The first-order valence-electron chi connectivity index (χ1n) is 6.15. The second kappa shape index (κ2) is 5.75. The van der Waals surface area contributed by atoms with Crippen molar-refractivity contribution in [3.05, 3.63) is 47.1 Å². The molecule has 3 rings (SSSR count). The first-order valence-corrected chi connectivity index (χ1v) is 7.38. The molecular formula is C15H11NO3S2. The number of amides is 1. The number of thioether (sulfide) groups is 1. The van der Waals surface area contributed by atoms with Crippen LogP contribution in [0.2, 0.25) is 0 Å². The Bertz CT molecular complexity index is 749. The predicted octanol–water partition coefficient (Wildman–Crippen LogP) is 3.44. The highest BCUT2D eigenvalue weighted by molar-refractivity contribution is 8.26. The zero-order valence-corrected chi connectivity index (χ0v) is 12.7. The van der Waals surface area contributed by atoms with Gasteiger partial charge in [0, 0.05) is 6.08 Å². The lowest BCUT2D eigenvalue weighted by molar-refractivity contribution is -0.115. The van der Waals surface area contributed by atoms with Crippen LogP contribution in [0.1, 0.15) is 5.76 Å². The van der Waals surface area contributed by atoms with Crippen LogP contribution in [-0.4, -0.2) is 17.3 Å². The normalized spacial score (nSPS) is 16.3. The Morgan fingerprint density at radius 1 is 1.29 bits per heavy atom. The van der Waals surface area contributed by atoms with E-state index in [0.29, 0.717) is 20.7 Å². The molecule has 1 amide bonds. The monoisotopic (exact) mass is 317 g/mol. The highest BCUT2D eigenvalue weighted by atomic mass is 32.2. The summed E-state index contributed by atoms with van der Waals surface area (Å²) in [6.07, 6.45) is 1.68. The maximum absolute atomic E-state index is 11.6. The maximum atomic E-state index is 11.6. The number of hydrogen-bond donors (Lipinski definition) is 1. The van der Waals surface area contributed by atoms with Gasteiger partial charge in [0.1, 0.15) is 21.6 Å². The first-order chi connectivity index (χ1) is 10.2. The molecule has 1 aromatic carbocycles. The minimum atomic E-state index is -0.194. The average molecular weight is 317 g/mol. The minimum Gasteiger partial charge on any atom is -0.496 e. The van der Waals surface area contributed by atoms with Gasteiger partial charge in [0.15, 0.2) is 0 Å². The summed E-state index contributed by atoms with van der Waals surface area (Å²) in [5.41, 5.74) is 0.865. The topological polar surface area (TPSA) is 51.5 Å². The van der Waals surface area contributed by atoms with Crippen LogP contribution in [0, 0.1) is 0 Å². The van der Waals surface area contributed by atoms with Crippen molar-refractivity contribution in [2.24, 2.45) is 0 Å². The summed E-state index contributed by atoms with van der Waals surface area (Å²) >= 11 is 6.18. The Kier molecular flexibility index (Phi) is 3.81. The number of carbonyl (C=O) groups is 1. The van der Waals surface area contributed by atoms with E-state index in [9.17, 15) is 4.79 Å². The van der Waals surface area contributed by atoms with Crippen LogP contribution in [0.3, 0.4) is 0 Å². The molecule has 1 aromatic heterocycles. The molecule has 2 aromatic rings. The van der Waals surface area contributed by atoms with Gasteiger partial charge in [-0.15, -0.1) is 0 Å². The number of ether oxygens (including phenoxy) is 1. The van der Waals surface area contributed by atoms with E-state index in [1.165, 1.54) is 11.8 Å². The quantitative estimate of drug-likeness (QED) is 0.694. The van der Waals surface area contributed by atoms with E-state index < -0.39 is 0 Å². The molecule has 2 heterocycles. The fraction of sp³-hybridized carbons (Fsp3) is 0.0667. The molecule has 106 valence electrons. The van der Waals surface area contributed by atoms with E-state index in [0.717, 1.165) is 11.3 Å². The Hall–Kier alpha value is -2.05. The average Bonchev–Trinajstić information content (AvgIpc) is 3.06. The van der Waals surface area contributed by atoms with E-state index in [1.807, 2.05) is 36.4 Å². The van der Waals surface area contributed by atoms with E-state index in [-0.39, 0.29) is 5.91 Å². The largest absolute Gasteiger partial charge is 0.496 e. The van der Waals surface area contributed by atoms with Crippen LogP contribution in [0.4, 0.5) is 0 Å². The number of nitrogens with one attached hydrogen (secondary N) is 1. The lowest BCUT2D eigenvalue weighted by atomic mass is 10.1. The molecule has 1 N–H and O–H groups in total. The molecular weight excluding hydrogens is 306 g/mol. The second-order valence-electron chi connectivity index (χ2n) is 4.25. The van der Waals surface area contributed by atoms with E-state index in [4.69, 9.17) is 21.4 Å². The van der Waals surface area contributed by atoms with Crippen molar-refractivity contribution in [2.45, 2.75) is 0 Å². The molecule has 0 atom stereocenters. The molecule has 1 saturated heterocycles. The number of para-hydroxylation sites is 1. The van der Waals surface area contributed by atoms with E-state index >= 15 is 0 Å². The molecule has 4 nitrogen and oxygen atoms in total. The second-order valence-corrected chi connectivity index (χ2v) is 5.97. The van der Waals surface area contributed by atoms with Gasteiger partial charge in [-0.2, -0.15) is 0 Å². The van der Waals surface area contributed by atoms with Gasteiger partial charge < -0.3 is 14.5 Å². The molecule has 0 aliphatic carbocycles. The lowest BCUT2D eigenvalue weighted by Crippen LogP contribution is -2.17. The van der Waals surface area contributed by atoms with Gasteiger partial charge >= 0.3 is 0 Å². The van der Waals surface area contributed by atoms with Gasteiger partial charge in [0.05, 0.1) is 17.6 Å². The van der Waals surface area contributed by atoms with Crippen molar-refractivity contribution in [3.8, 4) is 17.1 Å². The van der Waals surface area contributed by atoms with Crippen molar-refractivity contribution in [1.82, 2.24) is 5.32 Å². The Balaban J connectivity index is 1.92. The molecule has 0 unspecified atom stereocenters. The number of rotatable bonds is 3. The number of thiocarbonyl (C=S) groups is 1. The molecule has 1 aliphatic rings. The smallest absolute Gasteiger partial charge is 0.263 e. The van der Waals surface area contributed by atoms with Gasteiger partial charge in [0.2, 0.25) is 0 Å². The van der Waals surface area contributed by atoms with Crippen molar-refractivity contribution in [1.29, 1.82) is 0 Å². The van der Waals surface area contributed by atoms with Gasteiger partial charge in [-0.25, -0.2) is 0 Å². The van der Waals surface area contributed by atoms with Crippen LogP contribution in [0.25, 0.3) is 17.4 Å². The molecule has 1 aliphatic heterocycles. The van der Waals surface area contributed by atoms with Gasteiger partial charge in [-0.3, -0.25) is 4.79 Å². The number of benzene rings is 1. The summed E-state index contributed by atoms with van der Waals surface area (Å²) in [5, 5.41) is 2.57. The Morgan fingerprint density at radius 3 is 2.81 bits per heavy atom. The fourth-order valence-electron chi connectivity index (χ4n) is 1.97. The van der Waals surface area contributed by atoms with Crippen LogP contribution in [0.5, 0.6) is 5.75 Å². The fourth-order valence-corrected chi connectivity index (χ4v) is 3.00. The third kappa shape index (κ3) is 2.86. The summed E-state index contributed by atoms with van der Waals surface area (Å²) in [6, 6.07) is 11.3. The number of methoxy groups -OCH3 is 1. The van der Waals surface area contributed by atoms with Crippen LogP contribution < -0.4 is 10.1 Å². The highest BCUT2D eigenvalue weighted by Gasteiger charge is 2.22. The zero-order chi connectivity index (χ0) is 14.8. The number of furan rings is 1. The van der Waals surface area contributed by atoms with Crippen molar-refractivity contribution in [2.75, 3.05) is 7.11 Å². The summed E-state index contributed by atoms with van der Waals surface area (Å²) < 4.78 is 11.5. The maximum Gasteiger partial charge on any atom is 0.263 e. The Morgan fingerprint density at radius 2 is 2.10 bits per heavy atom. The summed E-state index contributed by atoms with van der Waals surface area (Å²) in [4.78, 5) is 12.1. The third-order valence-corrected chi connectivity index (χ3v) is 4.08. The molecule has 1 fully saturated rings. The first kappa shape index (κ1) is 13.9. The molecule has 0 spiro atoms. The summed E-state index contributed by atoms with van der Waals surface area (Å²) in [6.45, 7) is 0.